The number of ketones is 1. The summed E-state index contributed by atoms with van der Waals surface area (Å²) in [5.41, 5.74) is -0.494. The highest BCUT2D eigenvalue weighted by Gasteiger charge is 2.14. The molecule has 0 aliphatic rings. The van der Waals surface area contributed by atoms with Crippen LogP contribution in [0.1, 0.15) is 23.0 Å². The molecule has 6 heteroatoms. The van der Waals surface area contributed by atoms with E-state index in [1.165, 1.54) is 13.3 Å². The summed E-state index contributed by atoms with van der Waals surface area (Å²) in [6.45, 7) is 1.34. The van der Waals surface area contributed by atoms with E-state index in [1.54, 1.807) is 31.4 Å². The Morgan fingerprint density at radius 2 is 2.00 bits per heavy atom. The Morgan fingerprint density at radius 1 is 1.35 bits per heavy atom. The van der Waals surface area contributed by atoms with Crippen LogP contribution < -0.4 is 10.3 Å². The van der Waals surface area contributed by atoms with Gasteiger partial charge in [-0.1, -0.05) is 12.1 Å². The number of carbonyl (C=O) groups is 1. The van der Waals surface area contributed by atoms with Crippen molar-refractivity contribution in [2.24, 2.45) is 0 Å². The number of hydrogen-bond donors (Lipinski definition) is 0. The van der Waals surface area contributed by atoms with Crippen molar-refractivity contribution >= 4 is 5.78 Å². The smallest absolute Gasteiger partial charge is 0.290 e. The summed E-state index contributed by atoms with van der Waals surface area (Å²) in [4.78, 5) is 26.6. The minimum absolute atomic E-state index is 0.172. The SMILES string of the molecule is COc1ccc(Cn2cnc(C(C)=O)c(F)c2=O)cc1. The minimum Gasteiger partial charge on any atom is -0.497 e. The lowest BCUT2D eigenvalue weighted by atomic mass is 10.2. The van der Waals surface area contributed by atoms with Gasteiger partial charge in [0.25, 0.3) is 5.56 Å². The van der Waals surface area contributed by atoms with Gasteiger partial charge < -0.3 is 4.74 Å². The molecule has 2 rings (SSSR count). The molecule has 0 amide bonds. The molecule has 5 nitrogen and oxygen atoms in total. The van der Waals surface area contributed by atoms with Gasteiger partial charge in [0.15, 0.2) is 5.78 Å². The van der Waals surface area contributed by atoms with E-state index in [9.17, 15) is 14.0 Å². The van der Waals surface area contributed by atoms with E-state index in [0.29, 0.717) is 5.75 Å². The molecule has 0 atom stereocenters. The number of rotatable bonds is 4. The van der Waals surface area contributed by atoms with Gasteiger partial charge in [-0.05, 0) is 17.7 Å². The molecule has 2 aromatic rings. The molecule has 0 saturated heterocycles. The maximum Gasteiger partial charge on any atom is 0.290 e. The molecule has 1 aromatic carbocycles. The molecule has 0 bridgehead atoms. The third-order valence-electron chi connectivity index (χ3n) is 2.83. The molecule has 1 aromatic heterocycles. The van der Waals surface area contributed by atoms with Crippen molar-refractivity contribution in [2.45, 2.75) is 13.5 Å². The highest BCUT2D eigenvalue weighted by molar-refractivity contribution is 5.92. The number of ether oxygens (including phenoxy) is 1. The van der Waals surface area contributed by atoms with Crippen molar-refractivity contribution in [3.63, 3.8) is 0 Å². The van der Waals surface area contributed by atoms with Crippen LogP contribution in [0.4, 0.5) is 4.39 Å². The quantitative estimate of drug-likeness (QED) is 0.796. The lowest BCUT2D eigenvalue weighted by Crippen LogP contribution is -2.27. The number of halogens is 1. The molecule has 20 heavy (non-hydrogen) atoms. The summed E-state index contributed by atoms with van der Waals surface area (Å²) in [7, 11) is 1.55. The van der Waals surface area contributed by atoms with Crippen molar-refractivity contribution in [1.82, 2.24) is 9.55 Å². The molecule has 0 spiro atoms. The van der Waals surface area contributed by atoms with Gasteiger partial charge in [-0.3, -0.25) is 14.2 Å². The Balaban J connectivity index is 2.32. The summed E-state index contributed by atoms with van der Waals surface area (Å²) in [6.07, 6.45) is 1.17. The second-order valence-corrected chi connectivity index (χ2v) is 4.24. The van der Waals surface area contributed by atoms with Crippen molar-refractivity contribution in [2.75, 3.05) is 7.11 Å². The van der Waals surface area contributed by atoms with Gasteiger partial charge in [0.2, 0.25) is 5.82 Å². The zero-order chi connectivity index (χ0) is 14.7. The summed E-state index contributed by atoms with van der Waals surface area (Å²) in [5.74, 6) is -0.998. The predicted molar refractivity (Wildman–Crippen MR) is 70.6 cm³/mol. The zero-order valence-corrected chi connectivity index (χ0v) is 11.1. The van der Waals surface area contributed by atoms with Crippen LogP contribution in [-0.4, -0.2) is 22.4 Å². The normalized spacial score (nSPS) is 10.3. The lowest BCUT2D eigenvalue weighted by Gasteiger charge is -2.07. The Bertz CT molecular complexity index is 693. The predicted octanol–water partition coefficient (Wildman–Crippen LogP) is 1.64. The van der Waals surface area contributed by atoms with Gasteiger partial charge in [-0.15, -0.1) is 0 Å². The molecule has 0 N–H and O–H groups in total. The largest absolute Gasteiger partial charge is 0.497 e. The maximum atomic E-state index is 13.7. The fourth-order valence-electron chi connectivity index (χ4n) is 1.75. The molecule has 0 radical (unpaired) electrons. The number of carbonyl (C=O) groups excluding carboxylic acids is 1. The van der Waals surface area contributed by atoms with Crippen molar-refractivity contribution < 1.29 is 13.9 Å². The Labute approximate surface area is 114 Å². The van der Waals surface area contributed by atoms with Gasteiger partial charge in [-0.2, -0.15) is 4.39 Å². The van der Waals surface area contributed by atoms with Crippen molar-refractivity contribution in [3.05, 3.63) is 58.0 Å². The monoisotopic (exact) mass is 276 g/mol. The molecule has 0 aliphatic carbocycles. The van der Waals surface area contributed by atoms with Crippen LogP contribution in [0, 0.1) is 5.82 Å². The topological polar surface area (TPSA) is 61.2 Å². The molecular weight excluding hydrogens is 263 g/mol. The molecule has 1 heterocycles. The third kappa shape index (κ3) is 2.74. The van der Waals surface area contributed by atoms with Crippen LogP contribution in [0.25, 0.3) is 0 Å². The van der Waals surface area contributed by atoms with E-state index in [0.717, 1.165) is 10.1 Å². The average Bonchev–Trinajstić information content (AvgIpc) is 2.44. The second-order valence-electron chi connectivity index (χ2n) is 4.24. The molecule has 0 unspecified atom stereocenters. The Morgan fingerprint density at radius 3 is 2.55 bits per heavy atom. The van der Waals surface area contributed by atoms with Crippen molar-refractivity contribution in [1.29, 1.82) is 0 Å². The van der Waals surface area contributed by atoms with Gasteiger partial charge in [-0.25, -0.2) is 4.98 Å². The van der Waals surface area contributed by atoms with Gasteiger partial charge in [0.05, 0.1) is 20.0 Å². The van der Waals surface area contributed by atoms with E-state index in [2.05, 4.69) is 4.98 Å². The molecule has 0 aliphatic heterocycles. The number of hydrogen-bond acceptors (Lipinski definition) is 4. The number of aromatic nitrogens is 2. The van der Waals surface area contributed by atoms with Crippen LogP contribution in [0.2, 0.25) is 0 Å². The Kier molecular flexibility index (Phi) is 3.93. The fourth-order valence-corrected chi connectivity index (χ4v) is 1.75. The number of nitrogens with zero attached hydrogens (tertiary/aromatic N) is 2. The molecule has 104 valence electrons. The first kappa shape index (κ1) is 13.9. The van der Waals surface area contributed by atoms with Gasteiger partial charge in [0.1, 0.15) is 11.4 Å². The molecular formula is C14H13FN2O3. The molecule has 0 fully saturated rings. The van der Waals surface area contributed by atoms with E-state index >= 15 is 0 Å². The zero-order valence-electron chi connectivity index (χ0n) is 11.1. The summed E-state index contributed by atoms with van der Waals surface area (Å²) in [5, 5.41) is 0. The highest BCUT2D eigenvalue weighted by Crippen LogP contribution is 2.12. The summed E-state index contributed by atoms with van der Waals surface area (Å²) >= 11 is 0. The summed E-state index contributed by atoms with van der Waals surface area (Å²) < 4.78 is 19.8. The number of benzene rings is 1. The lowest BCUT2D eigenvalue weighted by molar-refractivity contribution is 0.100. The second kappa shape index (κ2) is 5.64. The van der Waals surface area contributed by atoms with E-state index in [4.69, 9.17) is 4.74 Å². The van der Waals surface area contributed by atoms with E-state index in [-0.39, 0.29) is 6.54 Å². The van der Waals surface area contributed by atoms with Crippen LogP contribution >= 0.6 is 0 Å². The van der Waals surface area contributed by atoms with E-state index < -0.39 is 22.9 Å². The van der Waals surface area contributed by atoms with Crippen LogP contribution in [-0.2, 0) is 6.54 Å². The summed E-state index contributed by atoms with van der Waals surface area (Å²) in [6, 6.07) is 7.02. The van der Waals surface area contributed by atoms with E-state index in [1.807, 2.05) is 0 Å². The van der Waals surface area contributed by atoms with Crippen LogP contribution in [0.5, 0.6) is 5.75 Å². The average molecular weight is 276 g/mol. The first-order valence-corrected chi connectivity index (χ1v) is 5.91. The van der Waals surface area contributed by atoms with Crippen LogP contribution in [0.3, 0.4) is 0 Å². The first-order valence-electron chi connectivity index (χ1n) is 5.91. The Hall–Kier alpha value is -2.50. The van der Waals surface area contributed by atoms with Gasteiger partial charge in [0, 0.05) is 6.92 Å². The maximum absolute atomic E-state index is 13.7. The highest BCUT2D eigenvalue weighted by atomic mass is 19.1. The minimum atomic E-state index is -1.12. The number of Topliss-reactive ketones (excluding diaryl/α,β-unsaturated/α-hetero) is 1. The third-order valence-corrected chi connectivity index (χ3v) is 2.83. The van der Waals surface area contributed by atoms with Crippen LogP contribution in [0.15, 0.2) is 35.4 Å². The fraction of sp³-hybridized carbons (Fsp3) is 0.214. The number of methoxy groups -OCH3 is 1. The van der Waals surface area contributed by atoms with Gasteiger partial charge >= 0.3 is 0 Å². The standard InChI is InChI=1S/C14H13FN2O3/c1-9(18)13-12(15)14(19)17(8-16-13)7-10-3-5-11(20-2)6-4-10/h3-6,8H,7H2,1-2H3. The van der Waals surface area contributed by atoms with Crippen molar-refractivity contribution in [3.8, 4) is 5.75 Å². The molecule has 0 saturated carbocycles. The first-order chi connectivity index (χ1) is 9.52.